The van der Waals surface area contributed by atoms with Gasteiger partial charge in [-0.2, -0.15) is 0 Å². The van der Waals surface area contributed by atoms with Gasteiger partial charge in [0.2, 0.25) is 11.8 Å². The highest BCUT2D eigenvalue weighted by Gasteiger charge is 2.32. The molecular formula is C29H33BrN2O2S. The van der Waals surface area contributed by atoms with Gasteiger partial charge in [-0.3, -0.25) is 9.59 Å². The van der Waals surface area contributed by atoms with Gasteiger partial charge in [0.05, 0.1) is 5.75 Å². The number of nitrogens with zero attached hydrogens (tertiary/aromatic N) is 1. The average molecular weight is 554 g/mol. The molecule has 2 amide bonds. The minimum Gasteiger partial charge on any atom is -0.350 e. The standard InChI is InChI=1S/C29H33BrN2O2S/c1-29(2,3)31-28(34)26(18-22-10-6-4-7-11-22)32(19-23-12-8-5-9-13-23)27(33)21-35-20-24-14-16-25(30)17-15-24/h4-17,26H,18-21H2,1-3H3,(H,31,34). The average Bonchev–Trinajstić information content (AvgIpc) is 2.82. The number of carbonyl (C=O) groups is 2. The molecule has 0 fully saturated rings. The highest BCUT2D eigenvalue weighted by Crippen LogP contribution is 2.20. The van der Waals surface area contributed by atoms with Crippen LogP contribution < -0.4 is 5.32 Å². The first-order chi connectivity index (χ1) is 16.7. The minimum absolute atomic E-state index is 0.0408. The Kier molecular flexibility index (Phi) is 9.99. The second kappa shape index (κ2) is 12.9. The van der Waals surface area contributed by atoms with Crippen molar-refractivity contribution in [3.05, 3.63) is 106 Å². The first-order valence-corrected chi connectivity index (χ1v) is 13.7. The van der Waals surface area contributed by atoms with Crippen LogP contribution in [-0.2, 0) is 28.3 Å². The maximum absolute atomic E-state index is 13.6. The van der Waals surface area contributed by atoms with Crippen LogP contribution >= 0.6 is 27.7 Å². The third kappa shape index (κ3) is 9.19. The SMILES string of the molecule is CC(C)(C)NC(=O)C(Cc1ccccc1)N(Cc1ccccc1)C(=O)CSCc1ccc(Br)cc1. The largest absolute Gasteiger partial charge is 0.350 e. The van der Waals surface area contributed by atoms with Crippen molar-refractivity contribution in [3.8, 4) is 0 Å². The second-order valence-corrected chi connectivity index (χ2v) is 11.5. The van der Waals surface area contributed by atoms with E-state index in [-0.39, 0.29) is 11.8 Å². The predicted molar refractivity (Wildman–Crippen MR) is 149 cm³/mol. The number of nitrogens with one attached hydrogen (secondary N) is 1. The van der Waals surface area contributed by atoms with Gasteiger partial charge in [-0.25, -0.2) is 0 Å². The fourth-order valence-corrected chi connectivity index (χ4v) is 4.84. The highest BCUT2D eigenvalue weighted by atomic mass is 79.9. The van der Waals surface area contributed by atoms with Crippen LogP contribution in [0.25, 0.3) is 0 Å². The van der Waals surface area contributed by atoms with Gasteiger partial charge >= 0.3 is 0 Å². The van der Waals surface area contributed by atoms with Gasteiger partial charge in [-0.1, -0.05) is 88.7 Å². The molecule has 0 aliphatic carbocycles. The summed E-state index contributed by atoms with van der Waals surface area (Å²) < 4.78 is 1.03. The van der Waals surface area contributed by atoms with Gasteiger partial charge in [0, 0.05) is 28.7 Å². The van der Waals surface area contributed by atoms with E-state index in [9.17, 15) is 9.59 Å². The number of thioether (sulfide) groups is 1. The number of rotatable bonds is 10. The number of benzene rings is 3. The lowest BCUT2D eigenvalue weighted by Crippen LogP contribution is -2.54. The molecule has 35 heavy (non-hydrogen) atoms. The van der Waals surface area contributed by atoms with Gasteiger partial charge in [0.25, 0.3) is 0 Å². The van der Waals surface area contributed by atoms with Crippen LogP contribution in [0.15, 0.2) is 89.4 Å². The van der Waals surface area contributed by atoms with E-state index in [4.69, 9.17) is 0 Å². The Morgan fingerprint density at radius 1 is 0.857 bits per heavy atom. The van der Waals surface area contributed by atoms with Crippen LogP contribution in [0, 0.1) is 0 Å². The fourth-order valence-electron chi connectivity index (χ4n) is 3.71. The summed E-state index contributed by atoms with van der Waals surface area (Å²) in [5.74, 6) is 0.858. The molecule has 0 heterocycles. The predicted octanol–water partition coefficient (Wildman–Crippen LogP) is 6.24. The molecule has 0 radical (unpaired) electrons. The van der Waals surface area contributed by atoms with Crippen LogP contribution in [0.4, 0.5) is 0 Å². The lowest BCUT2D eigenvalue weighted by Gasteiger charge is -2.34. The second-order valence-electron chi connectivity index (χ2n) is 9.57. The lowest BCUT2D eigenvalue weighted by molar-refractivity contribution is -0.140. The molecule has 3 aromatic carbocycles. The van der Waals surface area contributed by atoms with Crippen LogP contribution in [0.3, 0.4) is 0 Å². The third-order valence-electron chi connectivity index (χ3n) is 5.37. The summed E-state index contributed by atoms with van der Waals surface area (Å²) in [5.41, 5.74) is 2.78. The Bertz CT molecular complexity index is 1080. The summed E-state index contributed by atoms with van der Waals surface area (Å²) in [6.45, 7) is 6.26. The van der Waals surface area contributed by atoms with Gasteiger partial charge in [0.1, 0.15) is 6.04 Å². The Hall–Kier alpha value is -2.57. The molecule has 4 nitrogen and oxygen atoms in total. The number of hydrogen-bond acceptors (Lipinski definition) is 3. The van der Waals surface area contributed by atoms with Crippen molar-refractivity contribution in [2.24, 2.45) is 0 Å². The highest BCUT2D eigenvalue weighted by molar-refractivity contribution is 9.10. The van der Waals surface area contributed by atoms with E-state index in [1.165, 1.54) is 0 Å². The minimum atomic E-state index is -0.613. The van der Waals surface area contributed by atoms with E-state index in [2.05, 4.69) is 33.4 Å². The van der Waals surface area contributed by atoms with Crippen LogP contribution in [0.1, 0.15) is 37.5 Å². The monoisotopic (exact) mass is 552 g/mol. The van der Waals surface area contributed by atoms with Crippen LogP contribution in [0.2, 0.25) is 0 Å². The quantitative estimate of drug-likeness (QED) is 0.324. The van der Waals surface area contributed by atoms with Gasteiger partial charge in [-0.15, -0.1) is 11.8 Å². The van der Waals surface area contributed by atoms with E-state index in [1.807, 2.05) is 93.6 Å². The van der Waals surface area contributed by atoms with Crippen LogP contribution in [0.5, 0.6) is 0 Å². The van der Waals surface area contributed by atoms with Gasteiger partial charge in [0.15, 0.2) is 0 Å². The van der Waals surface area contributed by atoms with Gasteiger partial charge in [-0.05, 0) is 49.6 Å². The molecule has 1 N–H and O–H groups in total. The van der Waals surface area contributed by atoms with E-state index >= 15 is 0 Å². The summed E-state index contributed by atoms with van der Waals surface area (Å²) in [6.07, 6.45) is 0.457. The summed E-state index contributed by atoms with van der Waals surface area (Å²) >= 11 is 5.03. The molecule has 0 saturated carbocycles. The molecule has 0 aliphatic heterocycles. The smallest absolute Gasteiger partial charge is 0.243 e. The maximum atomic E-state index is 13.6. The summed E-state index contributed by atoms with van der Waals surface area (Å²) in [6, 6.07) is 27.3. The molecule has 6 heteroatoms. The summed E-state index contributed by atoms with van der Waals surface area (Å²) in [5, 5.41) is 3.10. The zero-order chi connectivity index (χ0) is 25.3. The Morgan fingerprint density at radius 3 is 2.00 bits per heavy atom. The van der Waals surface area contributed by atoms with E-state index in [1.54, 1.807) is 16.7 Å². The lowest BCUT2D eigenvalue weighted by atomic mass is 10.0. The van der Waals surface area contributed by atoms with Crippen molar-refractivity contribution >= 4 is 39.5 Å². The van der Waals surface area contributed by atoms with Crippen molar-refractivity contribution in [2.45, 2.75) is 51.1 Å². The number of amides is 2. The van der Waals surface area contributed by atoms with E-state index in [0.717, 1.165) is 26.9 Å². The van der Waals surface area contributed by atoms with Crippen molar-refractivity contribution in [1.82, 2.24) is 10.2 Å². The normalized spacial score (nSPS) is 12.1. The molecule has 0 aliphatic rings. The summed E-state index contributed by atoms with van der Waals surface area (Å²) in [4.78, 5) is 28.9. The molecule has 0 spiro atoms. The molecule has 1 unspecified atom stereocenters. The van der Waals surface area contributed by atoms with Gasteiger partial charge < -0.3 is 10.2 Å². The fraction of sp³-hybridized carbons (Fsp3) is 0.310. The Morgan fingerprint density at radius 2 is 1.43 bits per heavy atom. The molecule has 0 bridgehead atoms. The summed E-state index contributed by atoms with van der Waals surface area (Å²) in [7, 11) is 0. The van der Waals surface area contributed by atoms with Crippen molar-refractivity contribution in [1.29, 1.82) is 0 Å². The Balaban J connectivity index is 1.83. The first-order valence-electron chi connectivity index (χ1n) is 11.7. The van der Waals surface area contributed by atoms with Crippen molar-refractivity contribution in [2.75, 3.05) is 5.75 Å². The van der Waals surface area contributed by atoms with Crippen LogP contribution in [-0.4, -0.2) is 34.0 Å². The molecule has 0 saturated heterocycles. The topological polar surface area (TPSA) is 49.4 Å². The molecular weight excluding hydrogens is 520 g/mol. The van der Waals surface area contributed by atoms with E-state index in [0.29, 0.717) is 18.7 Å². The number of halogens is 1. The Labute approximate surface area is 221 Å². The van der Waals surface area contributed by atoms with E-state index < -0.39 is 11.6 Å². The molecule has 3 rings (SSSR count). The van der Waals surface area contributed by atoms with Crippen molar-refractivity contribution in [3.63, 3.8) is 0 Å². The third-order valence-corrected chi connectivity index (χ3v) is 6.89. The molecule has 184 valence electrons. The number of hydrogen-bond donors (Lipinski definition) is 1. The first kappa shape index (κ1) is 27.0. The maximum Gasteiger partial charge on any atom is 0.243 e. The molecule has 1 atom stereocenters. The molecule has 0 aromatic heterocycles. The molecule has 3 aromatic rings. The zero-order valence-electron chi connectivity index (χ0n) is 20.5. The zero-order valence-corrected chi connectivity index (χ0v) is 22.9. The van der Waals surface area contributed by atoms with Crippen molar-refractivity contribution < 1.29 is 9.59 Å². The number of carbonyl (C=O) groups excluding carboxylic acids is 2.